The molecule has 7 nitrogen and oxygen atoms in total. The van der Waals surface area contributed by atoms with Gasteiger partial charge >= 0.3 is 0 Å². The third-order valence-corrected chi connectivity index (χ3v) is 4.39. The summed E-state index contributed by atoms with van der Waals surface area (Å²) < 4.78 is 7.07. The molecule has 1 fully saturated rings. The Bertz CT molecular complexity index is 960. The van der Waals surface area contributed by atoms with E-state index < -0.39 is 5.91 Å². The van der Waals surface area contributed by atoms with E-state index in [4.69, 9.17) is 16.0 Å². The van der Waals surface area contributed by atoms with Crippen LogP contribution < -0.4 is 10.6 Å². The second kappa shape index (κ2) is 7.28. The number of benzene rings is 1. The van der Waals surface area contributed by atoms with Crippen molar-refractivity contribution in [3.05, 3.63) is 59.4 Å². The fraction of sp³-hybridized carbons (Fsp3) is 0.211. The fourth-order valence-corrected chi connectivity index (χ4v) is 2.75. The first-order valence-electron chi connectivity index (χ1n) is 8.57. The van der Waals surface area contributed by atoms with Crippen molar-refractivity contribution in [2.75, 3.05) is 6.54 Å². The highest BCUT2D eigenvalue weighted by atomic mass is 35.5. The Balaban J connectivity index is 1.57. The van der Waals surface area contributed by atoms with E-state index in [9.17, 15) is 9.59 Å². The maximum atomic E-state index is 12.5. The highest BCUT2D eigenvalue weighted by Crippen LogP contribution is 2.25. The molecular weight excluding hydrogens is 368 g/mol. The molecule has 4 rings (SSSR count). The molecule has 0 radical (unpaired) electrons. The zero-order valence-electron chi connectivity index (χ0n) is 14.3. The lowest BCUT2D eigenvalue weighted by atomic mass is 10.2. The highest BCUT2D eigenvalue weighted by molar-refractivity contribution is 6.30. The fourth-order valence-electron chi connectivity index (χ4n) is 2.63. The number of halogens is 1. The SMILES string of the molecule is O=C(CNC(=O)c1cc(-c2ccco2)n(-c2ccc(Cl)cc2)n1)NC1CC1. The van der Waals surface area contributed by atoms with E-state index >= 15 is 0 Å². The number of aromatic nitrogens is 2. The lowest BCUT2D eigenvalue weighted by Crippen LogP contribution is -2.38. The molecule has 27 heavy (non-hydrogen) atoms. The molecule has 1 aromatic carbocycles. The largest absolute Gasteiger partial charge is 0.463 e. The monoisotopic (exact) mass is 384 g/mol. The first-order chi connectivity index (χ1) is 13.1. The predicted octanol–water partition coefficient (Wildman–Crippen LogP) is 2.79. The van der Waals surface area contributed by atoms with Crippen LogP contribution in [0.4, 0.5) is 0 Å². The minimum absolute atomic E-state index is 0.0841. The van der Waals surface area contributed by atoms with Gasteiger partial charge < -0.3 is 15.1 Å². The van der Waals surface area contributed by atoms with Crippen molar-refractivity contribution >= 4 is 23.4 Å². The van der Waals surface area contributed by atoms with Gasteiger partial charge in [-0.1, -0.05) is 11.6 Å². The Morgan fingerprint density at radius 3 is 2.67 bits per heavy atom. The standard InChI is InChI=1S/C19H17ClN4O3/c20-12-3-7-14(8-4-12)24-16(17-2-1-9-27-17)10-15(23-24)19(26)21-11-18(25)22-13-5-6-13/h1-4,7-10,13H,5-6,11H2,(H,21,26)(H,22,25). The predicted molar refractivity (Wildman–Crippen MR) is 99.8 cm³/mol. The summed E-state index contributed by atoms with van der Waals surface area (Å²) in [6, 6.07) is 12.5. The summed E-state index contributed by atoms with van der Waals surface area (Å²) in [5.74, 6) is -0.0568. The number of carbonyl (C=O) groups excluding carboxylic acids is 2. The van der Waals surface area contributed by atoms with Gasteiger partial charge in [0, 0.05) is 17.1 Å². The van der Waals surface area contributed by atoms with Crippen LogP contribution in [0.3, 0.4) is 0 Å². The van der Waals surface area contributed by atoms with Gasteiger partial charge in [0.05, 0.1) is 18.5 Å². The average molecular weight is 385 g/mol. The number of amides is 2. The molecule has 0 spiro atoms. The van der Waals surface area contributed by atoms with Crippen LogP contribution in [0, 0.1) is 0 Å². The van der Waals surface area contributed by atoms with Gasteiger partial charge in [-0.2, -0.15) is 5.10 Å². The quantitative estimate of drug-likeness (QED) is 0.684. The van der Waals surface area contributed by atoms with Gasteiger partial charge in [0.1, 0.15) is 5.69 Å². The molecule has 1 aliphatic rings. The number of furan rings is 1. The number of rotatable bonds is 6. The number of nitrogens with zero attached hydrogens (tertiary/aromatic N) is 2. The molecule has 0 saturated heterocycles. The Hall–Kier alpha value is -3.06. The van der Waals surface area contributed by atoms with Crippen LogP contribution in [0.25, 0.3) is 17.1 Å². The topological polar surface area (TPSA) is 89.2 Å². The first-order valence-corrected chi connectivity index (χ1v) is 8.95. The van der Waals surface area contributed by atoms with Crippen molar-refractivity contribution in [2.24, 2.45) is 0 Å². The lowest BCUT2D eigenvalue weighted by molar-refractivity contribution is -0.120. The zero-order valence-corrected chi connectivity index (χ0v) is 15.1. The maximum Gasteiger partial charge on any atom is 0.272 e. The van der Waals surface area contributed by atoms with Gasteiger partial charge in [0.15, 0.2) is 11.5 Å². The molecule has 2 aromatic heterocycles. The number of carbonyl (C=O) groups is 2. The molecule has 1 saturated carbocycles. The Morgan fingerprint density at radius 1 is 1.22 bits per heavy atom. The molecule has 138 valence electrons. The second-order valence-corrected chi connectivity index (χ2v) is 6.74. The minimum atomic E-state index is -0.429. The van der Waals surface area contributed by atoms with E-state index in [1.807, 2.05) is 0 Å². The molecule has 2 N–H and O–H groups in total. The maximum absolute atomic E-state index is 12.5. The summed E-state index contributed by atoms with van der Waals surface area (Å²) in [6.45, 7) is -0.0841. The molecular formula is C19H17ClN4O3. The normalized spacial score (nSPS) is 13.4. The van der Waals surface area contributed by atoms with Crippen molar-refractivity contribution in [3.63, 3.8) is 0 Å². The summed E-state index contributed by atoms with van der Waals surface area (Å²) in [5.41, 5.74) is 1.54. The Morgan fingerprint density at radius 2 is 2.00 bits per heavy atom. The summed E-state index contributed by atoms with van der Waals surface area (Å²) in [4.78, 5) is 24.2. The van der Waals surface area contributed by atoms with Crippen LogP contribution >= 0.6 is 11.6 Å². The van der Waals surface area contributed by atoms with Gasteiger partial charge in [0.2, 0.25) is 5.91 Å². The third kappa shape index (κ3) is 4.03. The van der Waals surface area contributed by atoms with Crippen molar-refractivity contribution in [1.82, 2.24) is 20.4 Å². The van der Waals surface area contributed by atoms with Crippen LogP contribution in [0.2, 0.25) is 5.02 Å². The molecule has 2 heterocycles. The van der Waals surface area contributed by atoms with E-state index in [-0.39, 0.29) is 24.2 Å². The molecule has 0 unspecified atom stereocenters. The second-order valence-electron chi connectivity index (χ2n) is 6.30. The molecule has 2 amide bonds. The first kappa shape index (κ1) is 17.4. The molecule has 8 heteroatoms. The average Bonchev–Trinajstić information content (AvgIpc) is 3.13. The van der Waals surface area contributed by atoms with Crippen molar-refractivity contribution < 1.29 is 14.0 Å². The third-order valence-electron chi connectivity index (χ3n) is 4.14. The van der Waals surface area contributed by atoms with Gasteiger partial charge in [-0.25, -0.2) is 4.68 Å². The van der Waals surface area contributed by atoms with Crippen LogP contribution in [0.5, 0.6) is 0 Å². The van der Waals surface area contributed by atoms with Crippen LogP contribution in [0.1, 0.15) is 23.3 Å². The zero-order chi connectivity index (χ0) is 18.8. The van der Waals surface area contributed by atoms with Gasteiger partial charge in [0.25, 0.3) is 5.91 Å². The van der Waals surface area contributed by atoms with Gasteiger partial charge in [-0.3, -0.25) is 9.59 Å². The number of nitrogens with one attached hydrogen (secondary N) is 2. The molecule has 0 aliphatic heterocycles. The van der Waals surface area contributed by atoms with Crippen molar-refractivity contribution in [1.29, 1.82) is 0 Å². The van der Waals surface area contributed by atoms with Gasteiger partial charge in [-0.15, -0.1) is 0 Å². The van der Waals surface area contributed by atoms with Crippen LogP contribution in [-0.2, 0) is 4.79 Å². The van der Waals surface area contributed by atoms with Crippen LogP contribution in [0.15, 0.2) is 53.1 Å². The van der Waals surface area contributed by atoms with E-state index in [1.54, 1.807) is 53.4 Å². The molecule has 0 bridgehead atoms. The summed E-state index contributed by atoms with van der Waals surface area (Å²) in [6.07, 6.45) is 3.55. The number of hydrogen-bond donors (Lipinski definition) is 2. The van der Waals surface area contributed by atoms with E-state index in [1.165, 1.54) is 0 Å². The molecule has 1 aliphatic carbocycles. The summed E-state index contributed by atoms with van der Waals surface area (Å²) >= 11 is 5.96. The van der Waals surface area contributed by atoms with E-state index in [0.29, 0.717) is 16.5 Å². The van der Waals surface area contributed by atoms with Crippen molar-refractivity contribution in [2.45, 2.75) is 18.9 Å². The highest BCUT2D eigenvalue weighted by Gasteiger charge is 2.24. The Labute approximate surface area is 160 Å². The smallest absolute Gasteiger partial charge is 0.272 e. The summed E-state index contributed by atoms with van der Waals surface area (Å²) in [7, 11) is 0. The minimum Gasteiger partial charge on any atom is -0.463 e. The van der Waals surface area contributed by atoms with E-state index in [2.05, 4.69) is 15.7 Å². The van der Waals surface area contributed by atoms with Crippen LogP contribution in [-0.4, -0.2) is 34.2 Å². The molecule has 3 aromatic rings. The number of hydrogen-bond acceptors (Lipinski definition) is 4. The Kier molecular flexibility index (Phi) is 4.68. The lowest BCUT2D eigenvalue weighted by Gasteiger charge is -2.06. The summed E-state index contributed by atoms with van der Waals surface area (Å²) in [5, 5.41) is 10.4. The van der Waals surface area contributed by atoms with Gasteiger partial charge in [-0.05, 0) is 49.2 Å². The van der Waals surface area contributed by atoms with Crippen molar-refractivity contribution in [3.8, 4) is 17.1 Å². The molecule has 0 atom stereocenters. The van der Waals surface area contributed by atoms with E-state index in [0.717, 1.165) is 18.5 Å².